The third-order valence-corrected chi connectivity index (χ3v) is 5.61. The van der Waals surface area contributed by atoms with Crippen LogP contribution in [0.25, 0.3) is 0 Å². The summed E-state index contributed by atoms with van der Waals surface area (Å²) in [4.78, 5) is 28.9. The lowest BCUT2D eigenvalue weighted by Crippen LogP contribution is -2.50. The summed E-state index contributed by atoms with van der Waals surface area (Å²) in [5.74, 6) is 0.779. The van der Waals surface area contributed by atoms with E-state index >= 15 is 0 Å². The van der Waals surface area contributed by atoms with Gasteiger partial charge in [0.2, 0.25) is 5.91 Å². The average Bonchev–Trinajstić information content (AvgIpc) is 2.65. The van der Waals surface area contributed by atoms with E-state index in [4.69, 9.17) is 4.74 Å². The summed E-state index contributed by atoms with van der Waals surface area (Å²) in [6, 6.07) is 7.61. The minimum atomic E-state index is -0.0485. The number of rotatable bonds is 0. The number of hydrogen-bond acceptors (Lipinski definition) is 3. The van der Waals surface area contributed by atoms with Crippen LogP contribution in [-0.2, 0) is 4.79 Å². The Balaban J connectivity index is 1.94. The van der Waals surface area contributed by atoms with Crippen molar-refractivity contribution in [2.24, 2.45) is 0 Å². The molecule has 3 rings (SSSR count). The first kappa shape index (κ1) is 18.7. The van der Waals surface area contributed by atoms with Gasteiger partial charge in [0.15, 0.2) is 0 Å². The van der Waals surface area contributed by atoms with Crippen molar-refractivity contribution in [2.75, 3.05) is 20.1 Å². The molecule has 1 fully saturated rings. The zero-order valence-corrected chi connectivity index (χ0v) is 15.9. The van der Waals surface area contributed by atoms with E-state index in [0.717, 1.165) is 58.0 Å². The minimum Gasteiger partial charge on any atom is -0.487 e. The van der Waals surface area contributed by atoms with Gasteiger partial charge in [-0.15, -0.1) is 0 Å². The molecule has 5 nitrogen and oxygen atoms in total. The van der Waals surface area contributed by atoms with Crippen molar-refractivity contribution in [3.8, 4) is 5.75 Å². The van der Waals surface area contributed by atoms with Crippen LogP contribution in [0.5, 0.6) is 5.75 Å². The van der Waals surface area contributed by atoms with Crippen LogP contribution in [0.15, 0.2) is 24.3 Å². The second-order valence-corrected chi connectivity index (χ2v) is 7.50. The molecular formula is C21H30N2O3. The number of ether oxygens (including phenoxy) is 1. The van der Waals surface area contributed by atoms with Crippen LogP contribution in [0.3, 0.4) is 0 Å². The summed E-state index contributed by atoms with van der Waals surface area (Å²) in [6.07, 6.45) is 7.00. The van der Waals surface area contributed by atoms with Gasteiger partial charge in [-0.3, -0.25) is 9.59 Å². The molecule has 1 aliphatic heterocycles. The van der Waals surface area contributed by atoms with Gasteiger partial charge in [0.25, 0.3) is 5.91 Å². The fourth-order valence-corrected chi connectivity index (χ4v) is 4.15. The zero-order valence-electron chi connectivity index (χ0n) is 15.9. The first-order valence-corrected chi connectivity index (χ1v) is 9.86. The van der Waals surface area contributed by atoms with Gasteiger partial charge in [-0.05, 0) is 50.7 Å². The van der Waals surface area contributed by atoms with Gasteiger partial charge in [-0.1, -0.05) is 18.6 Å². The molecule has 2 atom stereocenters. The van der Waals surface area contributed by atoms with Crippen molar-refractivity contribution in [1.29, 1.82) is 0 Å². The summed E-state index contributed by atoms with van der Waals surface area (Å²) in [5, 5.41) is 0. The van der Waals surface area contributed by atoms with Crippen molar-refractivity contribution in [2.45, 2.75) is 64.0 Å². The maximum Gasteiger partial charge on any atom is 0.257 e. The van der Waals surface area contributed by atoms with Crippen molar-refractivity contribution < 1.29 is 14.3 Å². The summed E-state index contributed by atoms with van der Waals surface area (Å²) < 4.78 is 6.37. The quantitative estimate of drug-likeness (QED) is 0.713. The van der Waals surface area contributed by atoms with Gasteiger partial charge in [0.1, 0.15) is 11.9 Å². The van der Waals surface area contributed by atoms with Crippen LogP contribution in [0.4, 0.5) is 0 Å². The number of nitrogens with zero attached hydrogens (tertiary/aromatic N) is 2. The Morgan fingerprint density at radius 1 is 1.04 bits per heavy atom. The fourth-order valence-electron chi connectivity index (χ4n) is 4.15. The first-order chi connectivity index (χ1) is 12.6. The Morgan fingerprint density at radius 3 is 2.58 bits per heavy atom. The Labute approximate surface area is 156 Å². The Bertz CT molecular complexity index is 646. The van der Waals surface area contributed by atoms with Gasteiger partial charge in [0, 0.05) is 27.1 Å². The Morgan fingerprint density at radius 2 is 1.77 bits per heavy atom. The summed E-state index contributed by atoms with van der Waals surface area (Å²) in [6.45, 7) is 3.16. The highest BCUT2D eigenvalue weighted by atomic mass is 16.5. The number of hydrogen-bond donors (Lipinski definition) is 0. The Kier molecular flexibility index (Phi) is 6.17. The standard InChI is InChI=1S/C21H30N2O3/c1-16(24)23-15-9-3-8-14-22(2)21(25)17-10-4-6-12-19(17)26-20-13-7-5-11-18(20)23/h4,6,10,12,18,20H,3,5,7-9,11,13-15H2,1-2H3/t18-,20+/m1/s1. The molecule has 1 aromatic rings. The largest absolute Gasteiger partial charge is 0.487 e. The third kappa shape index (κ3) is 4.19. The van der Waals surface area contributed by atoms with Gasteiger partial charge in [-0.2, -0.15) is 0 Å². The normalized spacial score (nSPS) is 25.1. The fraction of sp³-hybridized carbons (Fsp3) is 0.619. The molecule has 0 aromatic heterocycles. The molecule has 1 saturated carbocycles. The van der Waals surface area contributed by atoms with E-state index in [0.29, 0.717) is 11.3 Å². The summed E-state index contributed by atoms with van der Waals surface area (Å²) in [7, 11) is 1.85. The molecule has 2 aliphatic rings. The third-order valence-electron chi connectivity index (χ3n) is 5.61. The molecule has 0 saturated heterocycles. The number of amides is 2. The molecule has 5 heteroatoms. The topological polar surface area (TPSA) is 49.9 Å². The van der Waals surface area contributed by atoms with Crippen molar-refractivity contribution >= 4 is 11.8 Å². The SMILES string of the molecule is CC(=O)N1CCCCCN(C)C(=O)c2ccccc2O[C@H]2CCCC[C@H]21. The number of benzene rings is 1. The maximum absolute atomic E-state index is 12.9. The molecule has 1 aromatic carbocycles. The van der Waals surface area contributed by atoms with Crippen LogP contribution in [0.1, 0.15) is 62.2 Å². The molecule has 0 radical (unpaired) electrons. The van der Waals surface area contributed by atoms with Crippen LogP contribution >= 0.6 is 0 Å². The molecule has 0 N–H and O–H groups in total. The highest BCUT2D eigenvalue weighted by Crippen LogP contribution is 2.30. The van der Waals surface area contributed by atoms with Crippen LogP contribution in [0.2, 0.25) is 0 Å². The average molecular weight is 358 g/mol. The molecule has 0 unspecified atom stereocenters. The summed E-state index contributed by atoms with van der Waals surface area (Å²) >= 11 is 0. The van der Waals surface area contributed by atoms with Crippen molar-refractivity contribution in [1.82, 2.24) is 9.80 Å². The minimum absolute atomic E-state index is 0.00984. The second-order valence-electron chi connectivity index (χ2n) is 7.50. The van der Waals surface area contributed by atoms with E-state index < -0.39 is 0 Å². The highest BCUT2D eigenvalue weighted by Gasteiger charge is 2.34. The van der Waals surface area contributed by atoms with Crippen LogP contribution in [-0.4, -0.2) is 53.9 Å². The number of carbonyl (C=O) groups excluding carboxylic acids is 2. The van der Waals surface area contributed by atoms with E-state index in [-0.39, 0.29) is 24.0 Å². The van der Waals surface area contributed by atoms with E-state index in [1.54, 1.807) is 11.8 Å². The highest BCUT2D eigenvalue weighted by molar-refractivity contribution is 5.96. The van der Waals surface area contributed by atoms with E-state index in [2.05, 4.69) is 0 Å². The maximum atomic E-state index is 12.9. The lowest BCUT2D eigenvalue weighted by Gasteiger charge is -2.39. The molecule has 1 aliphatic carbocycles. The van der Waals surface area contributed by atoms with E-state index in [9.17, 15) is 9.59 Å². The van der Waals surface area contributed by atoms with Crippen LogP contribution < -0.4 is 4.74 Å². The first-order valence-electron chi connectivity index (χ1n) is 9.86. The van der Waals surface area contributed by atoms with E-state index in [1.807, 2.05) is 36.2 Å². The molecule has 0 bridgehead atoms. The van der Waals surface area contributed by atoms with Gasteiger partial charge < -0.3 is 14.5 Å². The molecule has 0 spiro atoms. The lowest BCUT2D eigenvalue weighted by molar-refractivity contribution is -0.134. The molecular weight excluding hydrogens is 328 g/mol. The smallest absolute Gasteiger partial charge is 0.257 e. The molecule has 2 amide bonds. The summed E-state index contributed by atoms with van der Waals surface area (Å²) in [5.41, 5.74) is 0.618. The van der Waals surface area contributed by atoms with Gasteiger partial charge in [-0.25, -0.2) is 0 Å². The predicted octanol–water partition coefficient (Wildman–Crippen LogP) is 3.48. The van der Waals surface area contributed by atoms with Gasteiger partial charge >= 0.3 is 0 Å². The predicted molar refractivity (Wildman–Crippen MR) is 101 cm³/mol. The molecule has 26 heavy (non-hydrogen) atoms. The van der Waals surface area contributed by atoms with Crippen molar-refractivity contribution in [3.05, 3.63) is 29.8 Å². The lowest BCUT2D eigenvalue weighted by atomic mass is 9.90. The molecule has 1 heterocycles. The van der Waals surface area contributed by atoms with E-state index in [1.165, 1.54) is 0 Å². The molecule has 142 valence electrons. The zero-order chi connectivity index (χ0) is 18.5. The Hall–Kier alpha value is -2.04. The van der Waals surface area contributed by atoms with Crippen molar-refractivity contribution in [3.63, 3.8) is 0 Å². The van der Waals surface area contributed by atoms with Gasteiger partial charge in [0.05, 0.1) is 11.6 Å². The monoisotopic (exact) mass is 358 g/mol. The second kappa shape index (κ2) is 8.56. The number of carbonyl (C=O) groups is 2. The number of para-hydroxylation sites is 1. The van der Waals surface area contributed by atoms with Crippen LogP contribution in [0, 0.1) is 0 Å². The number of fused-ring (bicyclic) bond motifs is 2.